The standard InChI is InChI=1S/C18H25NO.C2H6/c1-6-7-15(4)18(14(2)3)13-19-12-16-8-10-17(20-5)11-9-16;1-2/h6-11,19H,2,12-13H2,1,3-5H3;1-2H3/b7-6-,18-15+;. The molecule has 2 heteroatoms. The molecule has 0 heterocycles. The Bertz CT molecular complexity index is 495. The van der Waals surface area contributed by atoms with Crippen molar-refractivity contribution >= 4 is 0 Å². The molecule has 0 fully saturated rings. The number of allylic oxidation sites excluding steroid dienone is 3. The highest BCUT2D eigenvalue weighted by Gasteiger charge is 2.02. The molecular weight excluding hydrogens is 270 g/mol. The monoisotopic (exact) mass is 301 g/mol. The topological polar surface area (TPSA) is 21.3 Å². The largest absolute Gasteiger partial charge is 0.497 e. The van der Waals surface area contributed by atoms with E-state index in [1.807, 2.05) is 32.9 Å². The van der Waals surface area contributed by atoms with Crippen LogP contribution in [0.25, 0.3) is 0 Å². The molecule has 0 radical (unpaired) electrons. The number of hydrogen-bond donors (Lipinski definition) is 1. The molecule has 0 unspecified atom stereocenters. The van der Waals surface area contributed by atoms with Gasteiger partial charge >= 0.3 is 0 Å². The highest BCUT2D eigenvalue weighted by molar-refractivity contribution is 5.37. The van der Waals surface area contributed by atoms with Crippen LogP contribution in [-0.4, -0.2) is 13.7 Å². The highest BCUT2D eigenvalue weighted by atomic mass is 16.5. The Kier molecular flexibility index (Phi) is 10.8. The van der Waals surface area contributed by atoms with Crippen molar-refractivity contribution in [2.45, 2.75) is 41.2 Å². The number of rotatable bonds is 7. The van der Waals surface area contributed by atoms with Crippen LogP contribution in [0.2, 0.25) is 0 Å². The third kappa shape index (κ3) is 7.28. The normalized spacial score (nSPS) is 11.5. The molecule has 0 aliphatic carbocycles. The van der Waals surface area contributed by atoms with Crippen LogP contribution in [0.1, 0.15) is 40.2 Å². The molecule has 0 aliphatic rings. The summed E-state index contributed by atoms with van der Waals surface area (Å²) >= 11 is 0. The number of nitrogens with one attached hydrogen (secondary N) is 1. The lowest BCUT2D eigenvalue weighted by Crippen LogP contribution is -2.17. The van der Waals surface area contributed by atoms with Gasteiger partial charge in [0, 0.05) is 13.1 Å². The SMILES string of the molecule is C=C(C)/C(CNCc1ccc(OC)cc1)=C(C)/C=C\C.CC. The van der Waals surface area contributed by atoms with Crippen molar-refractivity contribution in [3.05, 3.63) is 65.3 Å². The second-order valence-electron chi connectivity index (χ2n) is 4.89. The molecule has 0 saturated heterocycles. The van der Waals surface area contributed by atoms with E-state index in [-0.39, 0.29) is 0 Å². The number of methoxy groups -OCH3 is 1. The van der Waals surface area contributed by atoms with Crippen LogP contribution >= 0.6 is 0 Å². The van der Waals surface area contributed by atoms with Crippen molar-refractivity contribution in [2.75, 3.05) is 13.7 Å². The van der Waals surface area contributed by atoms with Gasteiger partial charge in [-0.25, -0.2) is 0 Å². The smallest absolute Gasteiger partial charge is 0.118 e. The zero-order valence-corrected chi connectivity index (χ0v) is 15.0. The Balaban J connectivity index is 0.00000211. The molecule has 1 rings (SSSR count). The summed E-state index contributed by atoms with van der Waals surface area (Å²) in [5.41, 5.74) is 4.90. The molecule has 0 spiro atoms. The highest BCUT2D eigenvalue weighted by Crippen LogP contribution is 2.14. The molecule has 0 bridgehead atoms. The van der Waals surface area contributed by atoms with Gasteiger partial charge in [-0.05, 0) is 49.6 Å². The average Bonchev–Trinajstić information content (AvgIpc) is 2.54. The minimum Gasteiger partial charge on any atom is -0.497 e. The molecule has 0 saturated carbocycles. The lowest BCUT2D eigenvalue weighted by Gasteiger charge is -2.12. The maximum atomic E-state index is 5.15. The van der Waals surface area contributed by atoms with Gasteiger partial charge in [0.1, 0.15) is 5.75 Å². The van der Waals surface area contributed by atoms with Crippen LogP contribution in [0, 0.1) is 0 Å². The Morgan fingerprint density at radius 1 is 1.18 bits per heavy atom. The molecule has 1 aromatic carbocycles. The Morgan fingerprint density at radius 2 is 1.77 bits per heavy atom. The number of benzene rings is 1. The first-order valence-corrected chi connectivity index (χ1v) is 7.90. The quantitative estimate of drug-likeness (QED) is 0.692. The van der Waals surface area contributed by atoms with Crippen molar-refractivity contribution in [3.63, 3.8) is 0 Å². The zero-order valence-electron chi connectivity index (χ0n) is 15.0. The van der Waals surface area contributed by atoms with Crippen molar-refractivity contribution in [3.8, 4) is 5.75 Å². The Morgan fingerprint density at radius 3 is 2.23 bits per heavy atom. The van der Waals surface area contributed by atoms with E-state index < -0.39 is 0 Å². The van der Waals surface area contributed by atoms with E-state index >= 15 is 0 Å². The first-order valence-electron chi connectivity index (χ1n) is 7.90. The zero-order chi connectivity index (χ0) is 17.0. The fourth-order valence-electron chi connectivity index (χ4n) is 2.05. The van der Waals surface area contributed by atoms with E-state index in [1.165, 1.54) is 16.7 Å². The second kappa shape index (κ2) is 11.8. The van der Waals surface area contributed by atoms with Crippen molar-refractivity contribution in [2.24, 2.45) is 0 Å². The van der Waals surface area contributed by atoms with Gasteiger partial charge in [0.05, 0.1) is 7.11 Å². The molecule has 2 nitrogen and oxygen atoms in total. The summed E-state index contributed by atoms with van der Waals surface area (Å²) in [4.78, 5) is 0. The summed E-state index contributed by atoms with van der Waals surface area (Å²) in [6, 6.07) is 8.12. The average molecular weight is 301 g/mol. The first kappa shape index (κ1) is 20.2. The van der Waals surface area contributed by atoms with Gasteiger partial charge in [-0.1, -0.05) is 50.3 Å². The molecule has 0 aliphatic heterocycles. The molecule has 0 atom stereocenters. The molecule has 0 amide bonds. The van der Waals surface area contributed by atoms with Gasteiger partial charge in [0.25, 0.3) is 0 Å². The fourth-order valence-corrected chi connectivity index (χ4v) is 2.05. The van der Waals surface area contributed by atoms with Gasteiger partial charge < -0.3 is 10.1 Å². The summed E-state index contributed by atoms with van der Waals surface area (Å²) in [5, 5.41) is 3.47. The number of ether oxygens (including phenoxy) is 1. The second-order valence-corrected chi connectivity index (χ2v) is 4.89. The molecule has 22 heavy (non-hydrogen) atoms. The summed E-state index contributed by atoms with van der Waals surface area (Å²) in [6.45, 7) is 15.9. The Labute approximate surface area is 136 Å². The summed E-state index contributed by atoms with van der Waals surface area (Å²) < 4.78 is 5.15. The predicted molar refractivity (Wildman–Crippen MR) is 98.4 cm³/mol. The van der Waals surface area contributed by atoms with Gasteiger partial charge in [-0.15, -0.1) is 0 Å². The molecule has 1 N–H and O–H groups in total. The van der Waals surface area contributed by atoms with E-state index in [2.05, 4.69) is 50.0 Å². The van der Waals surface area contributed by atoms with Crippen LogP contribution in [-0.2, 0) is 6.54 Å². The van der Waals surface area contributed by atoms with Gasteiger partial charge in [-0.3, -0.25) is 0 Å². The number of hydrogen-bond acceptors (Lipinski definition) is 2. The third-order valence-electron chi connectivity index (χ3n) is 3.20. The van der Waals surface area contributed by atoms with Gasteiger partial charge in [0.15, 0.2) is 0 Å². The van der Waals surface area contributed by atoms with Crippen LogP contribution in [0.4, 0.5) is 0 Å². The lowest BCUT2D eigenvalue weighted by molar-refractivity contribution is 0.414. The third-order valence-corrected chi connectivity index (χ3v) is 3.20. The first-order chi connectivity index (χ1) is 10.6. The van der Waals surface area contributed by atoms with Gasteiger partial charge in [0.2, 0.25) is 0 Å². The molecular formula is C20H31NO. The van der Waals surface area contributed by atoms with E-state index in [0.717, 1.165) is 24.4 Å². The minimum atomic E-state index is 0.831. The summed E-state index contributed by atoms with van der Waals surface area (Å²) in [7, 11) is 1.68. The van der Waals surface area contributed by atoms with Crippen molar-refractivity contribution in [1.82, 2.24) is 5.32 Å². The van der Waals surface area contributed by atoms with Gasteiger partial charge in [-0.2, -0.15) is 0 Å². The van der Waals surface area contributed by atoms with E-state index in [4.69, 9.17) is 4.74 Å². The molecule has 122 valence electrons. The van der Waals surface area contributed by atoms with Crippen LogP contribution < -0.4 is 10.1 Å². The van der Waals surface area contributed by atoms with Crippen LogP contribution in [0.15, 0.2) is 59.7 Å². The Hall–Kier alpha value is -1.80. The van der Waals surface area contributed by atoms with E-state index in [1.54, 1.807) is 7.11 Å². The van der Waals surface area contributed by atoms with E-state index in [9.17, 15) is 0 Å². The lowest BCUT2D eigenvalue weighted by atomic mass is 10.0. The maximum absolute atomic E-state index is 5.15. The molecule has 1 aromatic rings. The minimum absolute atomic E-state index is 0.831. The fraction of sp³-hybridized carbons (Fsp3) is 0.400. The molecule has 0 aromatic heterocycles. The summed E-state index contributed by atoms with van der Waals surface area (Å²) in [5.74, 6) is 0.889. The van der Waals surface area contributed by atoms with E-state index in [0.29, 0.717) is 0 Å². The van der Waals surface area contributed by atoms with Crippen molar-refractivity contribution in [1.29, 1.82) is 0 Å². The van der Waals surface area contributed by atoms with Crippen LogP contribution in [0.5, 0.6) is 5.75 Å². The van der Waals surface area contributed by atoms with Crippen molar-refractivity contribution < 1.29 is 4.74 Å². The summed E-state index contributed by atoms with van der Waals surface area (Å²) in [6.07, 6.45) is 4.18. The predicted octanol–water partition coefficient (Wildman–Crippen LogP) is 5.28. The maximum Gasteiger partial charge on any atom is 0.118 e. The van der Waals surface area contributed by atoms with Crippen LogP contribution in [0.3, 0.4) is 0 Å².